The molecule has 2 N–H and O–H groups in total. The van der Waals surface area contributed by atoms with Crippen molar-refractivity contribution in [2.24, 2.45) is 0 Å². The number of carbonyl (C=O) groups is 1. The normalized spacial score (nSPS) is 19.8. The molecule has 3 aromatic rings. The Bertz CT molecular complexity index is 916. The van der Waals surface area contributed by atoms with Crippen molar-refractivity contribution >= 4 is 33.1 Å². The van der Waals surface area contributed by atoms with E-state index in [0.717, 1.165) is 35.6 Å². The molecular formula is C21H24N3OS+. The van der Waals surface area contributed by atoms with Crippen molar-refractivity contribution in [3.05, 3.63) is 58.6 Å². The second-order valence-corrected chi connectivity index (χ2v) is 8.21. The lowest BCUT2D eigenvalue weighted by molar-refractivity contribution is -0.910. The second kappa shape index (κ2) is 7.17. The van der Waals surface area contributed by atoms with E-state index in [1.54, 1.807) is 11.3 Å². The maximum atomic E-state index is 12.6. The van der Waals surface area contributed by atoms with Crippen LogP contribution in [0.25, 0.3) is 10.2 Å². The quantitative estimate of drug-likeness (QED) is 0.744. The van der Waals surface area contributed by atoms with Crippen LogP contribution in [-0.4, -0.2) is 24.0 Å². The first-order chi connectivity index (χ1) is 12.6. The summed E-state index contributed by atoms with van der Waals surface area (Å²) in [5.74, 6) is 0.0799. The zero-order valence-electron chi connectivity index (χ0n) is 15.2. The predicted molar refractivity (Wildman–Crippen MR) is 107 cm³/mol. The summed E-state index contributed by atoms with van der Waals surface area (Å²) in [4.78, 5) is 18.7. The number of nitrogens with one attached hydrogen (secondary N) is 2. The van der Waals surface area contributed by atoms with E-state index in [0.29, 0.717) is 12.6 Å². The van der Waals surface area contributed by atoms with E-state index >= 15 is 0 Å². The molecule has 0 radical (unpaired) electrons. The van der Waals surface area contributed by atoms with E-state index in [1.165, 1.54) is 20.7 Å². The van der Waals surface area contributed by atoms with Crippen molar-refractivity contribution in [1.82, 2.24) is 4.98 Å². The number of benzene rings is 2. The van der Waals surface area contributed by atoms with Crippen LogP contribution in [0.5, 0.6) is 0 Å². The van der Waals surface area contributed by atoms with Crippen molar-refractivity contribution in [1.29, 1.82) is 0 Å². The van der Waals surface area contributed by atoms with Crippen LogP contribution in [0.2, 0.25) is 0 Å². The Morgan fingerprint density at radius 1 is 1.23 bits per heavy atom. The Morgan fingerprint density at radius 2 is 2.08 bits per heavy atom. The van der Waals surface area contributed by atoms with Crippen molar-refractivity contribution < 1.29 is 9.69 Å². The number of para-hydroxylation sites is 1. The van der Waals surface area contributed by atoms with Gasteiger partial charge in [-0.3, -0.25) is 4.79 Å². The molecule has 1 unspecified atom stereocenters. The fourth-order valence-electron chi connectivity index (χ4n) is 3.69. The number of aryl methyl sites for hydroxylation is 2. The molecule has 4 rings (SSSR count). The molecule has 0 spiro atoms. The average Bonchev–Trinajstić information content (AvgIpc) is 3.24. The van der Waals surface area contributed by atoms with Crippen molar-refractivity contribution in [2.75, 3.05) is 18.4 Å². The summed E-state index contributed by atoms with van der Waals surface area (Å²) in [5, 5.41) is 4.22. The van der Waals surface area contributed by atoms with Gasteiger partial charge in [-0.05, 0) is 49.2 Å². The molecule has 134 valence electrons. The maximum absolute atomic E-state index is 12.6. The first-order valence-corrected chi connectivity index (χ1v) is 9.99. The van der Waals surface area contributed by atoms with Crippen molar-refractivity contribution in [2.45, 2.75) is 32.7 Å². The van der Waals surface area contributed by atoms with Gasteiger partial charge in [0, 0.05) is 18.5 Å². The van der Waals surface area contributed by atoms with Crippen LogP contribution in [0, 0.1) is 13.8 Å². The zero-order valence-corrected chi connectivity index (χ0v) is 16.0. The number of nitrogens with zero attached hydrogens (tertiary/aromatic N) is 1. The second-order valence-electron chi connectivity index (χ2n) is 7.15. The van der Waals surface area contributed by atoms with Crippen LogP contribution >= 0.6 is 11.3 Å². The number of amides is 1. The van der Waals surface area contributed by atoms with Crippen LogP contribution in [0.15, 0.2) is 42.5 Å². The molecule has 0 bridgehead atoms. The van der Waals surface area contributed by atoms with E-state index in [-0.39, 0.29) is 5.91 Å². The minimum absolute atomic E-state index is 0.0799. The van der Waals surface area contributed by atoms with Gasteiger partial charge < -0.3 is 10.2 Å². The fraction of sp³-hybridized carbons (Fsp3) is 0.333. The summed E-state index contributed by atoms with van der Waals surface area (Å²) in [6, 6.07) is 14.7. The lowest BCUT2D eigenvalue weighted by Crippen LogP contribution is -3.11. The average molecular weight is 367 g/mol. The highest BCUT2D eigenvalue weighted by Gasteiger charge is 2.34. The topological polar surface area (TPSA) is 46.4 Å². The first kappa shape index (κ1) is 17.2. The number of thiazole rings is 1. The highest BCUT2D eigenvalue weighted by molar-refractivity contribution is 7.18. The van der Waals surface area contributed by atoms with Gasteiger partial charge in [-0.2, -0.15) is 0 Å². The summed E-state index contributed by atoms with van der Waals surface area (Å²) in [6.45, 7) is 5.67. The molecule has 5 heteroatoms. The van der Waals surface area contributed by atoms with Crippen molar-refractivity contribution in [3.8, 4) is 0 Å². The van der Waals surface area contributed by atoms with Gasteiger partial charge in [0.1, 0.15) is 6.04 Å². The maximum Gasteiger partial charge on any atom is 0.279 e. The molecule has 1 aliphatic heterocycles. The molecule has 1 fully saturated rings. The van der Waals surface area contributed by atoms with Crippen LogP contribution in [0.1, 0.15) is 35.0 Å². The summed E-state index contributed by atoms with van der Waals surface area (Å²) in [7, 11) is 0. The third-order valence-corrected chi connectivity index (χ3v) is 6.42. The number of likely N-dealkylation sites (tertiary alicyclic amines) is 1. The molecule has 1 amide bonds. The molecule has 2 aromatic carbocycles. The van der Waals surface area contributed by atoms with Gasteiger partial charge in [0.15, 0.2) is 11.6 Å². The Labute approximate surface area is 157 Å². The van der Waals surface area contributed by atoms with E-state index < -0.39 is 0 Å². The van der Waals surface area contributed by atoms with Crippen LogP contribution in [0.4, 0.5) is 5.69 Å². The van der Waals surface area contributed by atoms with E-state index in [9.17, 15) is 4.79 Å². The van der Waals surface area contributed by atoms with Crippen molar-refractivity contribution in [3.63, 3.8) is 0 Å². The summed E-state index contributed by atoms with van der Waals surface area (Å²) in [6.07, 6.45) is 2.25. The third-order valence-electron chi connectivity index (χ3n) is 5.27. The molecular weight excluding hydrogens is 342 g/mol. The lowest BCUT2D eigenvalue weighted by Gasteiger charge is -2.19. The number of hydrogen-bond acceptors (Lipinski definition) is 3. The smallest absolute Gasteiger partial charge is 0.279 e. The molecule has 1 aliphatic rings. The number of quaternary nitrogens is 1. The fourth-order valence-corrected chi connectivity index (χ4v) is 4.85. The van der Waals surface area contributed by atoms with Crippen LogP contribution < -0.4 is 10.2 Å². The number of rotatable bonds is 4. The molecule has 2 atom stereocenters. The predicted octanol–water partition coefficient (Wildman–Crippen LogP) is 3.27. The molecule has 4 nitrogen and oxygen atoms in total. The van der Waals surface area contributed by atoms with Gasteiger partial charge >= 0.3 is 0 Å². The monoisotopic (exact) mass is 366 g/mol. The number of carbonyl (C=O) groups excluding carboxylic acids is 1. The van der Waals surface area contributed by atoms with Gasteiger partial charge in [-0.25, -0.2) is 4.98 Å². The molecule has 1 aromatic heterocycles. The zero-order chi connectivity index (χ0) is 18.1. The highest BCUT2D eigenvalue weighted by atomic mass is 32.1. The molecule has 0 aliphatic carbocycles. The molecule has 1 saturated heterocycles. The van der Waals surface area contributed by atoms with E-state index in [2.05, 4.69) is 43.4 Å². The van der Waals surface area contributed by atoms with Gasteiger partial charge in [0.2, 0.25) is 0 Å². The standard InChI is InChI=1S/C21H23N3OS/c1-14-9-10-16(12-15(14)2)22-20(25)13-24-11-5-7-18(24)21-23-17-6-3-4-8-19(17)26-21/h3-4,6,8-10,12,18H,5,7,11,13H2,1-2H3,(H,22,25)/p+1/t18-/m1/s1. The van der Waals surface area contributed by atoms with E-state index in [4.69, 9.17) is 4.98 Å². The Morgan fingerprint density at radius 3 is 2.88 bits per heavy atom. The van der Waals surface area contributed by atoms with Crippen LogP contribution in [0.3, 0.4) is 0 Å². The molecule has 26 heavy (non-hydrogen) atoms. The minimum atomic E-state index is 0.0799. The summed E-state index contributed by atoms with van der Waals surface area (Å²) >= 11 is 1.77. The number of fused-ring (bicyclic) bond motifs is 1. The summed E-state index contributed by atoms with van der Waals surface area (Å²) in [5.41, 5.74) is 4.39. The Balaban J connectivity index is 1.46. The summed E-state index contributed by atoms with van der Waals surface area (Å²) < 4.78 is 1.23. The SMILES string of the molecule is Cc1ccc(NC(=O)C[NH+]2CCC[C@@H]2c2nc3ccccc3s2)cc1C. The molecule has 0 saturated carbocycles. The van der Waals surface area contributed by atoms with Crippen LogP contribution in [-0.2, 0) is 4.79 Å². The van der Waals surface area contributed by atoms with Gasteiger partial charge in [-0.15, -0.1) is 11.3 Å². The number of hydrogen-bond donors (Lipinski definition) is 2. The Hall–Kier alpha value is -2.24. The third kappa shape index (κ3) is 3.50. The molecule has 2 heterocycles. The van der Waals surface area contributed by atoms with Gasteiger partial charge in [-0.1, -0.05) is 18.2 Å². The minimum Gasteiger partial charge on any atom is -0.321 e. The highest BCUT2D eigenvalue weighted by Crippen LogP contribution is 2.28. The van der Waals surface area contributed by atoms with E-state index in [1.807, 2.05) is 18.2 Å². The van der Waals surface area contributed by atoms with Gasteiger partial charge in [0.25, 0.3) is 5.91 Å². The number of aromatic nitrogens is 1. The Kier molecular flexibility index (Phi) is 4.74. The number of anilines is 1. The first-order valence-electron chi connectivity index (χ1n) is 9.17. The largest absolute Gasteiger partial charge is 0.321 e. The van der Waals surface area contributed by atoms with Gasteiger partial charge in [0.05, 0.1) is 16.8 Å². The lowest BCUT2D eigenvalue weighted by atomic mass is 10.1.